The fourth-order valence-corrected chi connectivity index (χ4v) is 3.95. The maximum absolute atomic E-state index is 9.51. The number of thiazole rings is 1. The van der Waals surface area contributed by atoms with Gasteiger partial charge in [-0.15, -0.1) is 11.3 Å². The van der Waals surface area contributed by atoms with Crippen LogP contribution in [0.25, 0.3) is 0 Å². The minimum absolute atomic E-state index is 0.172. The number of hydrogen-bond acceptors (Lipinski definition) is 4. The predicted molar refractivity (Wildman–Crippen MR) is 80.5 cm³/mol. The van der Waals surface area contributed by atoms with Gasteiger partial charge >= 0.3 is 0 Å². The van der Waals surface area contributed by atoms with Crippen molar-refractivity contribution in [3.63, 3.8) is 0 Å². The average molecular weight is 282 g/mol. The van der Waals surface area contributed by atoms with Crippen LogP contribution in [0.1, 0.15) is 55.6 Å². The highest BCUT2D eigenvalue weighted by molar-refractivity contribution is 7.11. The number of fused-ring (bicyclic) bond motifs is 1. The molecular formula is C15H26N2OS. The minimum atomic E-state index is -0.172. The van der Waals surface area contributed by atoms with E-state index >= 15 is 0 Å². The third kappa shape index (κ3) is 3.77. The van der Waals surface area contributed by atoms with Gasteiger partial charge in [-0.25, -0.2) is 4.98 Å². The summed E-state index contributed by atoms with van der Waals surface area (Å²) in [6, 6.07) is 0. The lowest BCUT2D eigenvalue weighted by Crippen LogP contribution is -2.45. The number of aliphatic hydroxyl groups is 1. The van der Waals surface area contributed by atoms with Crippen molar-refractivity contribution in [1.82, 2.24) is 10.3 Å². The molecule has 0 aromatic carbocycles. The van der Waals surface area contributed by atoms with Crippen LogP contribution in [0.2, 0.25) is 0 Å². The second-order valence-corrected chi connectivity index (χ2v) is 7.32. The maximum atomic E-state index is 9.51. The van der Waals surface area contributed by atoms with E-state index < -0.39 is 0 Å². The van der Waals surface area contributed by atoms with Crippen LogP contribution < -0.4 is 5.32 Å². The summed E-state index contributed by atoms with van der Waals surface area (Å²) in [5.74, 6) is 0.802. The maximum Gasteiger partial charge on any atom is 0.107 e. The normalized spacial score (nSPS) is 22.0. The van der Waals surface area contributed by atoms with Crippen molar-refractivity contribution in [2.75, 3.05) is 6.61 Å². The van der Waals surface area contributed by atoms with E-state index in [-0.39, 0.29) is 12.1 Å². The molecule has 19 heavy (non-hydrogen) atoms. The Labute approximate surface area is 120 Å². The Balaban J connectivity index is 1.97. The van der Waals surface area contributed by atoms with Crippen LogP contribution in [0, 0.1) is 5.92 Å². The van der Waals surface area contributed by atoms with Gasteiger partial charge in [-0.3, -0.25) is 0 Å². The predicted octanol–water partition coefficient (Wildman–Crippen LogP) is 2.91. The van der Waals surface area contributed by atoms with Crippen molar-refractivity contribution in [2.45, 2.75) is 65.0 Å². The van der Waals surface area contributed by atoms with Crippen molar-refractivity contribution in [1.29, 1.82) is 0 Å². The molecule has 108 valence electrons. The van der Waals surface area contributed by atoms with Gasteiger partial charge in [-0.05, 0) is 38.5 Å². The summed E-state index contributed by atoms with van der Waals surface area (Å²) in [5, 5.41) is 14.2. The largest absolute Gasteiger partial charge is 0.394 e. The summed E-state index contributed by atoms with van der Waals surface area (Å²) >= 11 is 1.85. The number of hydrogen-bond donors (Lipinski definition) is 2. The molecule has 3 nitrogen and oxygen atoms in total. The molecule has 4 heteroatoms. The van der Waals surface area contributed by atoms with Crippen molar-refractivity contribution in [3.05, 3.63) is 15.6 Å². The van der Waals surface area contributed by atoms with Crippen LogP contribution >= 0.6 is 11.3 Å². The van der Waals surface area contributed by atoms with E-state index in [4.69, 9.17) is 4.98 Å². The van der Waals surface area contributed by atoms with Crippen LogP contribution in [-0.4, -0.2) is 22.2 Å². The van der Waals surface area contributed by atoms with Gasteiger partial charge in [0.05, 0.1) is 12.3 Å². The Bertz CT molecular complexity index is 418. The molecule has 1 aromatic heterocycles. The lowest BCUT2D eigenvalue weighted by Gasteiger charge is -2.28. The van der Waals surface area contributed by atoms with Crippen molar-refractivity contribution < 1.29 is 5.11 Å². The van der Waals surface area contributed by atoms with E-state index in [0.717, 1.165) is 31.7 Å². The minimum Gasteiger partial charge on any atom is -0.394 e. The fraction of sp³-hybridized carbons (Fsp3) is 0.800. The molecule has 0 radical (unpaired) electrons. The molecule has 2 N–H and O–H groups in total. The summed E-state index contributed by atoms with van der Waals surface area (Å²) in [6.45, 7) is 7.53. The lowest BCUT2D eigenvalue weighted by atomic mass is 9.93. The lowest BCUT2D eigenvalue weighted by molar-refractivity contribution is 0.163. The number of aliphatic hydroxyl groups excluding tert-OH is 1. The van der Waals surface area contributed by atoms with Gasteiger partial charge in [0.15, 0.2) is 0 Å². The summed E-state index contributed by atoms with van der Waals surface area (Å²) in [5.41, 5.74) is 1.15. The monoisotopic (exact) mass is 282 g/mol. The quantitative estimate of drug-likeness (QED) is 0.843. The first-order valence-electron chi connectivity index (χ1n) is 7.39. The van der Waals surface area contributed by atoms with E-state index in [1.54, 1.807) is 0 Å². The summed E-state index contributed by atoms with van der Waals surface area (Å²) in [7, 11) is 0. The molecule has 1 aliphatic rings. The Morgan fingerprint density at radius 1 is 1.53 bits per heavy atom. The summed E-state index contributed by atoms with van der Waals surface area (Å²) in [6.07, 6.45) is 5.67. The molecule has 0 spiro atoms. The van der Waals surface area contributed by atoms with Crippen LogP contribution in [0.15, 0.2) is 0 Å². The van der Waals surface area contributed by atoms with E-state index in [0.29, 0.717) is 0 Å². The second-order valence-electron chi connectivity index (χ2n) is 6.15. The molecule has 0 fully saturated rings. The zero-order valence-electron chi connectivity index (χ0n) is 12.3. The molecule has 0 saturated carbocycles. The molecule has 1 heterocycles. The van der Waals surface area contributed by atoms with Gasteiger partial charge in [0.2, 0.25) is 0 Å². The number of nitrogens with zero attached hydrogens (tertiary/aromatic N) is 1. The fourth-order valence-electron chi connectivity index (χ4n) is 2.73. The highest BCUT2D eigenvalue weighted by atomic mass is 32.1. The zero-order valence-corrected chi connectivity index (χ0v) is 13.1. The van der Waals surface area contributed by atoms with Gasteiger partial charge in [0, 0.05) is 17.0 Å². The van der Waals surface area contributed by atoms with Crippen molar-refractivity contribution in [2.24, 2.45) is 5.92 Å². The Morgan fingerprint density at radius 3 is 3.00 bits per heavy atom. The zero-order chi connectivity index (χ0) is 13.9. The summed E-state index contributed by atoms with van der Waals surface area (Å²) in [4.78, 5) is 6.24. The van der Waals surface area contributed by atoms with Gasteiger partial charge in [0.1, 0.15) is 5.01 Å². The van der Waals surface area contributed by atoms with Crippen molar-refractivity contribution in [3.8, 4) is 0 Å². The van der Waals surface area contributed by atoms with E-state index in [2.05, 4.69) is 26.1 Å². The molecule has 1 aliphatic carbocycles. The van der Waals surface area contributed by atoms with Gasteiger partial charge in [-0.2, -0.15) is 0 Å². The van der Waals surface area contributed by atoms with Gasteiger partial charge in [0.25, 0.3) is 0 Å². The molecule has 0 bridgehead atoms. The van der Waals surface area contributed by atoms with E-state index in [1.165, 1.54) is 28.4 Å². The number of nitrogens with one attached hydrogen (secondary N) is 1. The first kappa shape index (κ1) is 14.9. The number of aromatic nitrogens is 1. The van der Waals surface area contributed by atoms with Gasteiger partial charge in [-0.1, -0.05) is 20.3 Å². The first-order valence-corrected chi connectivity index (χ1v) is 8.21. The average Bonchev–Trinajstić information content (AvgIpc) is 2.79. The Kier molecular flexibility index (Phi) is 4.98. The van der Waals surface area contributed by atoms with E-state index in [1.807, 2.05) is 11.3 Å². The highest BCUT2D eigenvalue weighted by Gasteiger charge is 2.23. The smallest absolute Gasteiger partial charge is 0.107 e. The molecular weight excluding hydrogens is 256 g/mol. The molecule has 2 unspecified atom stereocenters. The Hall–Kier alpha value is -0.450. The Morgan fingerprint density at radius 2 is 2.32 bits per heavy atom. The van der Waals surface area contributed by atoms with Crippen LogP contribution in [-0.2, 0) is 19.4 Å². The third-order valence-corrected chi connectivity index (χ3v) is 5.17. The van der Waals surface area contributed by atoms with Crippen molar-refractivity contribution >= 4 is 11.3 Å². The molecule has 0 aliphatic heterocycles. The first-order chi connectivity index (χ1) is 9.06. The molecule has 1 aromatic rings. The SMILES string of the molecule is CCCC(C)(CO)NCc1nc2c(s1)CC(C)CC2. The summed E-state index contributed by atoms with van der Waals surface area (Å²) < 4.78 is 0. The standard InChI is InChI=1S/C15H26N2OS/c1-4-7-15(3,10-18)16-9-14-17-12-6-5-11(2)8-13(12)19-14/h11,16,18H,4-10H2,1-3H3. The number of aryl methyl sites for hydroxylation is 1. The molecule has 0 amide bonds. The van der Waals surface area contributed by atoms with Gasteiger partial charge < -0.3 is 10.4 Å². The molecule has 2 rings (SSSR count). The van der Waals surface area contributed by atoms with Crippen LogP contribution in [0.5, 0.6) is 0 Å². The highest BCUT2D eigenvalue weighted by Crippen LogP contribution is 2.30. The number of rotatable bonds is 6. The van der Waals surface area contributed by atoms with Crippen LogP contribution in [0.4, 0.5) is 0 Å². The second kappa shape index (κ2) is 6.33. The third-order valence-electron chi connectivity index (χ3n) is 4.05. The topological polar surface area (TPSA) is 45.1 Å². The van der Waals surface area contributed by atoms with E-state index in [9.17, 15) is 5.11 Å². The van der Waals surface area contributed by atoms with Crippen LogP contribution in [0.3, 0.4) is 0 Å². The molecule has 0 saturated heterocycles. The molecule has 2 atom stereocenters.